The first kappa shape index (κ1) is 9.52. The lowest BCUT2D eigenvalue weighted by atomic mass is 10.00. The van der Waals surface area contributed by atoms with Gasteiger partial charge in [-0.1, -0.05) is 6.92 Å². The first-order valence-electron chi connectivity index (χ1n) is 4.91. The molecule has 0 bridgehead atoms. The number of hydrogen-bond donors (Lipinski definition) is 2. The topological polar surface area (TPSA) is 45.7 Å². The molecule has 12 heavy (non-hydrogen) atoms. The van der Waals surface area contributed by atoms with Crippen LogP contribution in [0.2, 0.25) is 0 Å². The quantitative estimate of drug-likeness (QED) is 0.590. The van der Waals surface area contributed by atoms with E-state index in [0.717, 1.165) is 6.54 Å². The molecule has 1 fully saturated rings. The Morgan fingerprint density at radius 1 is 1.67 bits per heavy atom. The molecule has 3 nitrogen and oxygen atoms in total. The van der Waals surface area contributed by atoms with Crippen molar-refractivity contribution >= 4 is 5.91 Å². The van der Waals surface area contributed by atoms with Crippen LogP contribution in [-0.4, -0.2) is 25.5 Å². The van der Waals surface area contributed by atoms with Crippen LogP contribution in [0.4, 0.5) is 0 Å². The predicted molar refractivity (Wildman–Crippen MR) is 47.7 cm³/mol. The van der Waals surface area contributed by atoms with Gasteiger partial charge in [-0.05, 0) is 12.8 Å². The molecule has 1 heterocycles. The van der Waals surface area contributed by atoms with E-state index in [2.05, 4.69) is 10.6 Å². The van der Waals surface area contributed by atoms with Gasteiger partial charge in [-0.3, -0.25) is 4.79 Å². The van der Waals surface area contributed by atoms with Crippen LogP contribution in [0, 0.1) is 5.92 Å². The molecular weight excluding hydrogens is 152 g/mol. The molecule has 1 atom stereocenters. The molecule has 1 aliphatic heterocycles. The number of nitrogens with one attached hydrogen (secondary N) is 1. The highest BCUT2D eigenvalue weighted by Gasteiger charge is 2.15. The maximum atomic E-state index is 10.9. The summed E-state index contributed by atoms with van der Waals surface area (Å²) in [4.78, 5) is 10.9. The Hall–Kier alpha value is -0.570. The third kappa shape index (κ3) is 3.22. The van der Waals surface area contributed by atoms with E-state index >= 15 is 0 Å². The van der Waals surface area contributed by atoms with E-state index < -0.39 is 0 Å². The Balaban J connectivity index is 2.09. The molecule has 1 saturated heterocycles. The maximum absolute atomic E-state index is 10.9. The molecule has 0 spiro atoms. The molecule has 0 unspecified atom stereocenters. The molecule has 70 valence electrons. The zero-order valence-electron chi connectivity index (χ0n) is 7.81. The van der Waals surface area contributed by atoms with E-state index in [1.807, 2.05) is 6.92 Å². The zero-order chi connectivity index (χ0) is 8.81. The number of carbonyl (C=O) groups is 1. The van der Waals surface area contributed by atoms with Crippen molar-refractivity contribution in [1.29, 1.82) is 0 Å². The fourth-order valence-corrected chi connectivity index (χ4v) is 1.59. The fourth-order valence-electron chi connectivity index (χ4n) is 1.59. The summed E-state index contributed by atoms with van der Waals surface area (Å²) in [7, 11) is 0. The summed E-state index contributed by atoms with van der Waals surface area (Å²) in [6, 6.07) is 0. The molecule has 0 aromatic carbocycles. The van der Waals surface area contributed by atoms with Crippen molar-refractivity contribution in [3.05, 3.63) is 0 Å². The van der Waals surface area contributed by atoms with Gasteiger partial charge in [0.2, 0.25) is 5.91 Å². The Bertz CT molecular complexity index is 141. The molecule has 0 saturated carbocycles. The monoisotopic (exact) mass is 171 g/mol. The minimum absolute atomic E-state index is 0.181. The number of hydrogen-bond acceptors (Lipinski definition) is 1. The lowest BCUT2D eigenvalue weighted by molar-refractivity contribution is -0.668. The summed E-state index contributed by atoms with van der Waals surface area (Å²) < 4.78 is 0. The minimum Gasteiger partial charge on any atom is -0.356 e. The maximum Gasteiger partial charge on any atom is 0.219 e. The molecule has 1 rings (SSSR count). The number of quaternary nitrogens is 1. The van der Waals surface area contributed by atoms with E-state index in [9.17, 15) is 4.79 Å². The van der Waals surface area contributed by atoms with Crippen molar-refractivity contribution in [2.45, 2.75) is 26.2 Å². The van der Waals surface area contributed by atoms with Crippen molar-refractivity contribution in [2.75, 3.05) is 19.6 Å². The molecule has 3 heteroatoms. The molecular formula is C9H19N2O+. The number of piperidine rings is 1. The Kier molecular flexibility index (Phi) is 4.08. The second-order valence-corrected chi connectivity index (χ2v) is 3.48. The van der Waals surface area contributed by atoms with Gasteiger partial charge < -0.3 is 10.6 Å². The van der Waals surface area contributed by atoms with Crippen molar-refractivity contribution in [2.24, 2.45) is 5.92 Å². The number of nitrogens with two attached hydrogens (primary N) is 1. The Morgan fingerprint density at radius 3 is 3.08 bits per heavy atom. The van der Waals surface area contributed by atoms with Crippen molar-refractivity contribution in [1.82, 2.24) is 5.32 Å². The van der Waals surface area contributed by atoms with Crippen LogP contribution >= 0.6 is 0 Å². The average Bonchev–Trinajstić information content (AvgIpc) is 2.16. The number of amides is 1. The highest BCUT2D eigenvalue weighted by molar-refractivity contribution is 5.75. The summed E-state index contributed by atoms with van der Waals surface area (Å²) in [5.41, 5.74) is 0. The third-order valence-corrected chi connectivity index (χ3v) is 2.43. The van der Waals surface area contributed by atoms with Crippen LogP contribution in [0.15, 0.2) is 0 Å². The van der Waals surface area contributed by atoms with E-state index in [4.69, 9.17) is 0 Å². The standard InChI is InChI=1S/C9H18N2O/c1-2-9(12)11-7-8-4-3-5-10-6-8/h8,10H,2-7H2,1H3,(H,11,12)/p+1/t8-/m1/s1. The highest BCUT2D eigenvalue weighted by atomic mass is 16.1. The second-order valence-electron chi connectivity index (χ2n) is 3.48. The summed E-state index contributed by atoms with van der Waals surface area (Å²) in [6.45, 7) is 5.22. The van der Waals surface area contributed by atoms with Crippen LogP contribution in [-0.2, 0) is 4.79 Å². The van der Waals surface area contributed by atoms with E-state index in [1.54, 1.807) is 0 Å². The van der Waals surface area contributed by atoms with Gasteiger partial charge in [0.25, 0.3) is 0 Å². The molecule has 1 aliphatic rings. The normalized spacial score (nSPS) is 23.6. The third-order valence-electron chi connectivity index (χ3n) is 2.43. The Labute approximate surface area is 73.9 Å². The van der Waals surface area contributed by atoms with Crippen LogP contribution in [0.5, 0.6) is 0 Å². The van der Waals surface area contributed by atoms with Gasteiger partial charge in [0.15, 0.2) is 0 Å². The smallest absolute Gasteiger partial charge is 0.219 e. The average molecular weight is 171 g/mol. The van der Waals surface area contributed by atoms with Crippen molar-refractivity contribution in [3.8, 4) is 0 Å². The molecule has 3 N–H and O–H groups in total. The SMILES string of the molecule is CCC(=O)NC[C@@H]1CCC[NH2+]C1. The van der Waals surface area contributed by atoms with Crippen LogP contribution in [0.1, 0.15) is 26.2 Å². The van der Waals surface area contributed by atoms with Crippen LogP contribution < -0.4 is 10.6 Å². The van der Waals surface area contributed by atoms with Gasteiger partial charge in [-0.15, -0.1) is 0 Å². The first-order valence-corrected chi connectivity index (χ1v) is 4.91. The van der Waals surface area contributed by atoms with E-state index in [0.29, 0.717) is 12.3 Å². The minimum atomic E-state index is 0.181. The fraction of sp³-hybridized carbons (Fsp3) is 0.889. The zero-order valence-corrected chi connectivity index (χ0v) is 7.81. The summed E-state index contributed by atoms with van der Waals surface area (Å²) in [5, 5.41) is 5.28. The number of carbonyl (C=O) groups excluding carboxylic acids is 1. The van der Waals surface area contributed by atoms with Crippen molar-refractivity contribution in [3.63, 3.8) is 0 Å². The molecule has 0 aromatic rings. The Morgan fingerprint density at radius 2 is 2.50 bits per heavy atom. The van der Waals surface area contributed by atoms with Gasteiger partial charge in [0.1, 0.15) is 0 Å². The molecule has 1 amide bonds. The summed E-state index contributed by atoms with van der Waals surface area (Å²) in [6.07, 6.45) is 3.18. The number of rotatable bonds is 3. The van der Waals surface area contributed by atoms with Gasteiger partial charge in [0.05, 0.1) is 13.1 Å². The second kappa shape index (κ2) is 5.14. The van der Waals surface area contributed by atoms with Gasteiger partial charge in [-0.2, -0.15) is 0 Å². The molecule has 0 aromatic heterocycles. The van der Waals surface area contributed by atoms with Crippen LogP contribution in [0.25, 0.3) is 0 Å². The predicted octanol–water partition coefficient (Wildman–Crippen LogP) is -0.514. The van der Waals surface area contributed by atoms with E-state index in [1.165, 1.54) is 25.9 Å². The first-order chi connectivity index (χ1) is 5.83. The van der Waals surface area contributed by atoms with Gasteiger partial charge in [-0.25, -0.2) is 0 Å². The largest absolute Gasteiger partial charge is 0.356 e. The van der Waals surface area contributed by atoms with Gasteiger partial charge in [0, 0.05) is 18.9 Å². The highest BCUT2D eigenvalue weighted by Crippen LogP contribution is 2.04. The van der Waals surface area contributed by atoms with Crippen molar-refractivity contribution < 1.29 is 10.1 Å². The molecule has 0 aliphatic carbocycles. The summed E-state index contributed by atoms with van der Waals surface area (Å²) in [5.74, 6) is 0.884. The molecule has 0 radical (unpaired) electrons. The van der Waals surface area contributed by atoms with E-state index in [-0.39, 0.29) is 5.91 Å². The lowest BCUT2D eigenvalue weighted by Crippen LogP contribution is -2.87. The summed E-state index contributed by atoms with van der Waals surface area (Å²) >= 11 is 0. The lowest BCUT2D eigenvalue weighted by Gasteiger charge is -2.19. The van der Waals surface area contributed by atoms with Crippen LogP contribution in [0.3, 0.4) is 0 Å². The van der Waals surface area contributed by atoms with Gasteiger partial charge >= 0.3 is 0 Å².